The number of amides is 1. The largest absolute Gasteiger partial charge is 0.351 e. The summed E-state index contributed by atoms with van der Waals surface area (Å²) in [5.74, 6) is 0.315. The van der Waals surface area contributed by atoms with Crippen molar-refractivity contribution in [3.63, 3.8) is 0 Å². The van der Waals surface area contributed by atoms with E-state index in [1.807, 2.05) is 6.92 Å². The van der Waals surface area contributed by atoms with Crippen LogP contribution in [0.4, 0.5) is 4.39 Å². The van der Waals surface area contributed by atoms with Crippen molar-refractivity contribution in [3.05, 3.63) is 34.1 Å². The molecule has 0 radical (unpaired) electrons. The summed E-state index contributed by atoms with van der Waals surface area (Å²) in [5, 5.41) is 2.64. The smallest absolute Gasteiger partial charge is 0.251 e. The number of benzene rings is 1. The Hall–Kier alpha value is -0.750. The van der Waals surface area contributed by atoms with Crippen molar-refractivity contribution in [2.75, 3.05) is 18.1 Å². The minimum absolute atomic E-state index is 0.252. The Balaban J connectivity index is 2.52. The number of carbonyl (C=O) groups is 1. The molecule has 1 unspecified atom stereocenters. The van der Waals surface area contributed by atoms with E-state index in [1.165, 1.54) is 18.2 Å². The Kier molecular flexibility index (Phi) is 5.77. The van der Waals surface area contributed by atoms with Crippen molar-refractivity contribution < 1.29 is 13.4 Å². The second-order valence-electron chi connectivity index (χ2n) is 3.32. The molecule has 17 heavy (non-hydrogen) atoms. The minimum atomic E-state index is -0.892. The summed E-state index contributed by atoms with van der Waals surface area (Å²) in [6.07, 6.45) is 0. The SMILES string of the molecule is CCS(=O)CCNC(=O)c1ccc(F)c(Br)c1. The molecule has 0 aliphatic carbocycles. The molecule has 1 N–H and O–H groups in total. The lowest BCUT2D eigenvalue weighted by molar-refractivity contribution is 0.0956. The van der Waals surface area contributed by atoms with E-state index >= 15 is 0 Å². The monoisotopic (exact) mass is 321 g/mol. The predicted molar refractivity (Wildman–Crippen MR) is 70.0 cm³/mol. The summed E-state index contributed by atoms with van der Waals surface area (Å²) in [4.78, 5) is 11.6. The minimum Gasteiger partial charge on any atom is -0.351 e. The Morgan fingerprint density at radius 3 is 2.82 bits per heavy atom. The van der Waals surface area contributed by atoms with Gasteiger partial charge in [-0.25, -0.2) is 4.39 Å². The van der Waals surface area contributed by atoms with Crippen LogP contribution in [0.5, 0.6) is 0 Å². The average Bonchev–Trinajstić information content (AvgIpc) is 2.32. The van der Waals surface area contributed by atoms with E-state index in [9.17, 15) is 13.4 Å². The molecule has 0 fully saturated rings. The molecule has 0 aliphatic heterocycles. The molecule has 0 bridgehead atoms. The lowest BCUT2D eigenvalue weighted by Crippen LogP contribution is -2.28. The quantitative estimate of drug-likeness (QED) is 0.902. The predicted octanol–water partition coefficient (Wildman–Crippen LogP) is 2.09. The van der Waals surface area contributed by atoms with Crippen LogP contribution < -0.4 is 5.32 Å². The number of nitrogens with one attached hydrogen (secondary N) is 1. The topological polar surface area (TPSA) is 46.2 Å². The molecule has 0 heterocycles. The summed E-state index contributed by atoms with van der Waals surface area (Å²) in [6, 6.07) is 4.05. The highest BCUT2D eigenvalue weighted by Crippen LogP contribution is 2.16. The summed E-state index contributed by atoms with van der Waals surface area (Å²) in [5.41, 5.74) is 0.376. The maximum Gasteiger partial charge on any atom is 0.251 e. The third kappa shape index (κ3) is 4.55. The number of halogens is 2. The number of hydrogen-bond acceptors (Lipinski definition) is 2. The van der Waals surface area contributed by atoms with Gasteiger partial charge in [0, 0.05) is 34.4 Å². The Labute approximate surface area is 110 Å². The summed E-state index contributed by atoms with van der Waals surface area (Å²) in [7, 11) is -0.892. The van der Waals surface area contributed by atoms with Crippen molar-refractivity contribution in [2.45, 2.75) is 6.92 Å². The second-order valence-corrected chi connectivity index (χ2v) is 6.04. The summed E-state index contributed by atoms with van der Waals surface area (Å²) in [6.45, 7) is 2.18. The molecule has 0 aliphatic rings. The molecule has 0 aromatic heterocycles. The molecule has 6 heteroatoms. The second kappa shape index (κ2) is 6.86. The Morgan fingerprint density at radius 1 is 1.53 bits per heavy atom. The van der Waals surface area contributed by atoms with Crippen LogP contribution in [0.1, 0.15) is 17.3 Å². The maximum atomic E-state index is 12.9. The van der Waals surface area contributed by atoms with Crippen LogP contribution in [0.15, 0.2) is 22.7 Å². The van der Waals surface area contributed by atoms with Gasteiger partial charge in [0.1, 0.15) is 5.82 Å². The third-order valence-electron chi connectivity index (χ3n) is 2.12. The molecule has 1 aromatic rings. The van der Waals surface area contributed by atoms with E-state index in [-0.39, 0.29) is 10.4 Å². The van der Waals surface area contributed by atoms with E-state index in [0.29, 0.717) is 23.6 Å². The molecule has 94 valence electrons. The lowest BCUT2D eigenvalue weighted by atomic mass is 10.2. The Morgan fingerprint density at radius 2 is 2.24 bits per heavy atom. The molecule has 1 aromatic carbocycles. The first-order chi connectivity index (χ1) is 8.04. The average molecular weight is 322 g/mol. The van der Waals surface area contributed by atoms with Gasteiger partial charge in [0.2, 0.25) is 0 Å². The fourth-order valence-electron chi connectivity index (χ4n) is 1.16. The van der Waals surface area contributed by atoms with Crippen LogP contribution in [0.3, 0.4) is 0 Å². The highest BCUT2D eigenvalue weighted by molar-refractivity contribution is 9.10. The van der Waals surface area contributed by atoms with Gasteiger partial charge < -0.3 is 5.32 Å². The van der Waals surface area contributed by atoms with Gasteiger partial charge in [0.05, 0.1) is 4.47 Å². The fourth-order valence-corrected chi connectivity index (χ4v) is 2.16. The van der Waals surface area contributed by atoms with Crippen molar-refractivity contribution in [3.8, 4) is 0 Å². The zero-order valence-electron chi connectivity index (χ0n) is 9.33. The highest BCUT2D eigenvalue weighted by Gasteiger charge is 2.08. The van der Waals surface area contributed by atoms with Gasteiger partial charge in [-0.3, -0.25) is 9.00 Å². The van der Waals surface area contributed by atoms with Gasteiger partial charge in [-0.05, 0) is 34.1 Å². The number of hydrogen-bond donors (Lipinski definition) is 1. The Bertz CT molecular complexity index is 439. The third-order valence-corrected chi connectivity index (χ3v) is 4.03. The lowest BCUT2D eigenvalue weighted by Gasteiger charge is -2.05. The van der Waals surface area contributed by atoms with Crippen molar-refractivity contribution in [1.82, 2.24) is 5.32 Å². The van der Waals surface area contributed by atoms with Gasteiger partial charge in [0.25, 0.3) is 5.91 Å². The van der Waals surface area contributed by atoms with Gasteiger partial charge in [-0.1, -0.05) is 6.92 Å². The van der Waals surface area contributed by atoms with E-state index < -0.39 is 16.6 Å². The summed E-state index contributed by atoms with van der Waals surface area (Å²) < 4.78 is 24.3. The van der Waals surface area contributed by atoms with Crippen LogP contribution in [-0.2, 0) is 10.8 Å². The summed E-state index contributed by atoms with van der Waals surface area (Å²) >= 11 is 3.01. The van der Waals surface area contributed by atoms with Crippen molar-refractivity contribution >= 4 is 32.6 Å². The zero-order valence-corrected chi connectivity index (χ0v) is 11.7. The van der Waals surface area contributed by atoms with E-state index in [0.717, 1.165) is 0 Å². The molecule has 3 nitrogen and oxygen atoms in total. The van der Waals surface area contributed by atoms with E-state index in [1.54, 1.807) is 0 Å². The first kappa shape index (κ1) is 14.3. The molecule has 0 spiro atoms. The maximum absolute atomic E-state index is 12.9. The van der Waals surface area contributed by atoms with Crippen molar-refractivity contribution in [2.24, 2.45) is 0 Å². The molecule has 1 amide bonds. The van der Waals surface area contributed by atoms with Gasteiger partial charge in [-0.2, -0.15) is 0 Å². The van der Waals surface area contributed by atoms with Gasteiger partial charge in [0.15, 0.2) is 0 Å². The molecule has 0 saturated heterocycles. The number of rotatable bonds is 5. The van der Waals surface area contributed by atoms with Gasteiger partial charge >= 0.3 is 0 Å². The number of carbonyl (C=O) groups excluding carboxylic acids is 1. The van der Waals surface area contributed by atoms with Gasteiger partial charge in [-0.15, -0.1) is 0 Å². The van der Waals surface area contributed by atoms with Crippen LogP contribution >= 0.6 is 15.9 Å². The first-order valence-electron chi connectivity index (χ1n) is 5.12. The van der Waals surface area contributed by atoms with Crippen LogP contribution in [0.2, 0.25) is 0 Å². The molecule has 1 rings (SSSR count). The van der Waals surface area contributed by atoms with Crippen LogP contribution in [-0.4, -0.2) is 28.2 Å². The standard InChI is InChI=1S/C11H13BrFNO2S/c1-2-17(16)6-5-14-11(15)8-3-4-10(13)9(12)7-8/h3-4,7H,2,5-6H2,1H3,(H,14,15). The fraction of sp³-hybridized carbons (Fsp3) is 0.364. The first-order valence-corrected chi connectivity index (χ1v) is 7.41. The molecular formula is C11H13BrFNO2S. The van der Waals surface area contributed by atoms with E-state index in [4.69, 9.17) is 0 Å². The van der Waals surface area contributed by atoms with Crippen LogP contribution in [0, 0.1) is 5.82 Å². The molecule has 1 atom stereocenters. The van der Waals surface area contributed by atoms with Crippen molar-refractivity contribution in [1.29, 1.82) is 0 Å². The normalized spacial score (nSPS) is 12.2. The van der Waals surface area contributed by atoms with Crippen LogP contribution in [0.25, 0.3) is 0 Å². The van der Waals surface area contributed by atoms with E-state index in [2.05, 4.69) is 21.2 Å². The zero-order chi connectivity index (χ0) is 12.8. The molecular weight excluding hydrogens is 309 g/mol. The molecule has 0 saturated carbocycles. The highest BCUT2D eigenvalue weighted by atomic mass is 79.9.